The zero-order valence-corrected chi connectivity index (χ0v) is 16.4. The van der Waals surface area contributed by atoms with Crippen LogP contribution in [0.1, 0.15) is 24.0 Å². The Kier molecular flexibility index (Phi) is 6.37. The van der Waals surface area contributed by atoms with E-state index in [0.29, 0.717) is 23.7 Å². The van der Waals surface area contributed by atoms with Crippen LogP contribution in [0.4, 0.5) is 10.5 Å². The summed E-state index contributed by atoms with van der Waals surface area (Å²) in [6, 6.07) is 13.6. The SMILES string of the molecule is COC(=O)Nc1ccc(CN2CCCC(c3ccc(OC)c(OC)c3)=N2)cc1. The van der Waals surface area contributed by atoms with Gasteiger partial charge in [0.15, 0.2) is 11.5 Å². The molecule has 0 saturated heterocycles. The van der Waals surface area contributed by atoms with Crippen LogP contribution >= 0.6 is 0 Å². The Hall–Kier alpha value is -3.22. The van der Waals surface area contributed by atoms with Crippen LogP contribution in [0, 0.1) is 0 Å². The number of carbonyl (C=O) groups excluding carboxylic acids is 1. The third-order valence-corrected chi connectivity index (χ3v) is 4.56. The Morgan fingerprint density at radius 1 is 1.07 bits per heavy atom. The molecule has 0 unspecified atom stereocenters. The van der Waals surface area contributed by atoms with Crippen molar-refractivity contribution in [3.05, 3.63) is 53.6 Å². The van der Waals surface area contributed by atoms with Crippen LogP contribution in [0.5, 0.6) is 11.5 Å². The minimum atomic E-state index is -0.479. The summed E-state index contributed by atoms with van der Waals surface area (Å²) in [4.78, 5) is 11.3. The Morgan fingerprint density at radius 3 is 2.50 bits per heavy atom. The van der Waals surface area contributed by atoms with Crippen molar-refractivity contribution in [1.29, 1.82) is 0 Å². The Bertz CT molecular complexity index is 849. The number of hydrazone groups is 1. The lowest BCUT2D eigenvalue weighted by atomic mass is 10.0. The maximum absolute atomic E-state index is 11.3. The van der Waals surface area contributed by atoms with E-state index in [1.807, 2.05) is 42.5 Å². The van der Waals surface area contributed by atoms with Gasteiger partial charge in [-0.3, -0.25) is 10.3 Å². The van der Waals surface area contributed by atoms with Gasteiger partial charge in [0.05, 0.1) is 33.6 Å². The van der Waals surface area contributed by atoms with Gasteiger partial charge < -0.3 is 14.2 Å². The van der Waals surface area contributed by atoms with E-state index in [0.717, 1.165) is 36.2 Å². The van der Waals surface area contributed by atoms with Gasteiger partial charge in [0.1, 0.15) is 0 Å². The molecule has 7 heteroatoms. The van der Waals surface area contributed by atoms with Gasteiger partial charge in [-0.25, -0.2) is 4.79 Å². The van der Waals surface area contributed by atoms with E-state index in [2.05, 4.69) is 15.1 Å². The van der Waals surface area contributed by atoms with Gasteiger partial charge in [0.25, 0.3) is 0 Å². The summed E-state index contributed by atoms with van der Waals surface area (Å²) in [5, 5.41) is 9.54. The second kappa shape index (κ2) is 9.12. The first-order valence-corrected chi connectivity index (χ1v) is 9.11. The van der Waals surface area contributed by atoms with E-state index in [-0.39, 0.29) is 0 Å². The highest BCUT2D eigenvalue weighted by Crippen LogP contribution is 2.29. The molecular formula is C21H25N3O4. The Labute approximate surface area is 164 Å². The van der Waals surface area contributed by atoms with Crippen molar-refractivity contribution in [3.63, 3.8) is 0 Å². The molecule has 1 amide bonds. The van der Waals surface area contributed by atoms with Crippen LogP contribution in [0.3, 0.4) is 0 Å². The van der Waals surface area contributed by atoms with Crippen LogP contribution in [0.2, 0.25) is 0 Å². The van der Waals surface area contributed by atoms with Crippen molar-refractivity contribution >= 4 is 17.5 Å². The van der Waals surface area contributed by atoms with Crippen molar-refractivity contribution in [2.75, 3.05) is 33.2 Å². The van der Waals surface area contributed by atoms with Crippen LogP contribution in [0.15, 0.2) is 47.6 Å². The average Bonchev–Trinajstić information content (AvgIpc) is 2.74. The highest BCUT2D eigenvalue weighted by atomic mass is 16.5. The molecule has 1 N–H and O–H groups in total. The first-order valence-electron chi connectivity index (χ1n) is 9.11. The molecule has 148 valence electrons. The van der Waals surface area contributed by atoms with Gasteiger partial charge in [-0.15, -0.1) is 0 Å². The Balaban J connectivity index is 1.71. The van der Waals surface area contributed by atoms with Gasteiger partial charge in [-0.05, 0) is 48.7 Å². The summed E-state index contributed by atoms with van der Waals surface area (Å²) in [6.07, 6.45) is 1.48. The summed E-state index contributed by atoms with van der Waals surface area (Å²) in [5.41, 5.74) is 3.90. The molecule has 0 fully saturated rings. The molecule has 0 atom stereocenters. The minimum absolute atomic E-state index is 0.479. The van der Waals surface area contributed by atoms with Gasteiger partial charge in [-0.1, -0.05) is 12.1 Å². The third-order valence-electron chi connectivity index (χ3n) is 4.56. The van der Waals surface area contributed by atoms with E-state index in [1.165, 1.54) is 7.11 Å². The molecule has 0 spiro atoms. The van der Waals surface area contributed by atoms with Gasteiger partial charge in [-0.2, -0.15) is 5.10 Å². The molecule has 7 nitrogen and oxygen atoms in total. The highest BCUT2D eigenvalue weighted by Gasteiger charge is 2.16. The molecule has 1 aliphatic heterocycles. The largest absolute Gasteiger partial charge is 0.493 e. The van der Waals surface area contributed by atoms with E-state index in [9.17, 15) is 4.79 Å². The molecule has 3 rings (SSSR count). The second-order valence-corrected chi connectivity index (χ2v) is 6.42. The van der Waals surface area contributed by atoms with E-state index >= 15 is 0 Å². The standard InChI is InChI=1S/C21H25N3O4/c1-26-19-11-8-16(13-20(19)27-2)18-5-4-12-24(23-18)14-15-6-9-17(10-7-15)22-21(25)28-3/h6-11,13H,4-5,12,14H2,1-3H3,(H,22,25). The molecule has 1 heterocycles. The van der Waals surface area contributed by atoms with E-state index < -0.39 is 6.09 Å². The molecule has 0 aromatic heterocycles. The molecular weight excluding hydrogens is 358 g/mol. The normalized spacial score (nSPS) is 13.5. The van der Waals surface area contributed by atoms with Crippen molar-refractivity contribution < 1.29 is 19.0 Å². The summed E-state index contributed by atoms with van der Waals surface area (Å²) < 4.78 is 15.3. The van der Waals surface area contributed by atoms with Crippen LogP contribution in [0.25, 0.3) is 0 Å². The summed E-state index contributed by atoms with van der Waals surface area (Å²) >= 11 is 0. The van der Waals surface area contributed by atoms with Crippen LogP contribution in [-0.2, 0) is 11.3 Å². The number of nitrogens with one attached hydrogen (secondary N) is 1. The fourth-order valence-corrected chi connectivity index (χ4v) is 3.11. The number of methoxy groups -OCH3 is 3. The molecule has 28 heavy (non-hydrogen) atoms. The van der Waals surface area contributed by atoms with Crippen LogP contribution < -0.4 is 14.8 Å². The topological polar surface area (TPSA) is 72.4 Å². The maximum atomic E-state index is 11.3. The smallest absolute Gasteiger partial charge is 0.411 e. The summed E-state index contributed by atoms with van der Waals surface area (Å²) in [6.45, 7) is 1.61. The number of nitrogens with zero attached hydrogens (tertiary/aromatic N) is 2. The number of anilines is 1. The number of benzene rings is 2. The van der Waals surface area contributed by atoms with Gasteiger partial charge in [0, 0.05) is 17.8 Å². The number of hydrogen-bond donors (Lipinski definition) is 1. The van der Waals surface area contributed by atoms with E-state index in [1.54, 1.807) is 14.2 Å². The first kappa shape index (κ1) is 19.5. The van der Waals surface area contributed by atoms with Crippen LogP contribution in [-0.4, -0.2) is 44.7 Å². The fraction of sp³-hybridized carbons (Fsp3) is 0.333. The molecule has 2 aromatic carbocycles. The zero-order valence-electron chi connectivity index (χ0n) is 16.4. The Morgan fingerprint density at radius 2 is 1.82 bits per heavy atom. The number of rotatable bonds is 6. The molecule has 0 bridgehead atoms. The molecule has 2 aromatic rings. The van der Waals surface area contributed by atoms with Gasteiger partial charge >= 0.3 is 6.09 Å². The molecule has 0 saturated carbocycles. The van der Waals surface area contributed by atoms with E-state index in [4.69, 9.17) is 14.6 Å². The lowest BCUT2D eigenvalue weighted by Crippen LogP contribution is -2.26. The third kappa shape index (κ3) is 4.73. The van der Waals surface area contributed by atoms with Crippen molar-refractivity contribution in [1.82, 2.24) is 5.01 Å². The number of ether oxygens (including phenoxy) is 3. The molecule has 1 aliphatic rings. The van der Waals surface area contributed by atoms with Crippen molar-refractivity contribution in [2.24, 2.45) is 5.10 Å². The lowest BCUT2D eigenvalue weighted by Gasteiger charge is -2.26. The second-order valence-electron chi connectivity index (χ2n) is 6.42. The molecule has 0 aliphatic carbocycles. The number of hydrogen-bond acceptors (Lipinski definition) is 6. The monoisotopic (exact) mass is 383 g/mol. The van der Waals surface area contributed by atoms with Gasteiger partial charge in [0.2, 0.25) is 0 Å². The number of carbonyl (C=O) groups is 1. The predicted octanol–water partition coefficient (Wildman–Crippen LogP) is 3.88. The minimum Gasteiger partial charge on any atom is -0.493 e. The summed E-state index contributed by atoms with van der Waals surface area (Å²) in [7, 11) is 4.60. The lowest BCUT2D eigenvalue weighted by molar-refractivity contribution is 0.187. The first-order chi connectivity index (χ1) is 13.6. The molecule has 0 radical (unpaired) electrons. The summed E-state index contributed by atoms with van der Waals surface area (Å²) in [5.74, 6) is 1.41. The quantitative estimate of drug-likeness (QED) is 0.819. The highest BCUT2D eigenvalue weighted by molar-refractivity contribution is 6.01. The fourth-order valence-electron chi connectivity index (χ4n) is 3.11. The maximum Gasteiger partial charge on any atom is 0.411 e. The number of amides is 1. The van der Waals surface area contributed by atoms with Crippen molar-refractivity contribution in [3.8, 4) is 11.5 Å². The zero-order chi connectivity index (χ0) is 19.9. The average molecular weight is 383 g/mol. The predicted molar refractivity (Wildman–Crippen MR) is 108 cm³/mol. The van der Waals surface area contributed by atoms with Crippen molar-refractivity contribution in [2.45, 2.75) is 19.4 Å².